The van der Waals surface area contributed by atoms with Crippen molar-refractivity contribution in [2.45, 2.75) is 19.3 Å². The second-order valence-corrected chi connectivity index (χ2v) is 13.6. The zero-order valence-electron chi connectivity index (χ0n) is 28.2. The highest BCUT2D eigenvalue weighted by Gasteiger charge is 2.36. The van der Waals surface area contributed by atoms with E-state index in [-0.39, 0.29) is 5.41 Å². The van der Waals surface area contributed by atoms with Crippen LogP contribution in [0.25, 0.3) is 55.3 Å². The fraction of sp³-hybridized carbons (Fsp3) is 0.0638. The maximum atomic E-state index is 9.67. The van der Waals surface area contributed by atoms with Crippen LogP contribution in [-0.2, 0) is 5.41 Å². The number of hydrogen-bond donors (Lipinski definition) is 0. The first-order chi connectivity index (χ1) is 24.9. The molecule has 0 radical (unpaired) electrons. The first-order valence-corrected chi connectivity index (χ1v) is 17.0. The quantitative estimate of drug-likeness (QED) is 0.185. The van der Waals surface area contributed by atoms with E-state index in [1.165, 1.54) is 27.8 Å². The van der Waals surface area contributed by atoms with Gasteiger partial charge < -0.3 is 9.32 Å². The Labute approximate surface area is 296 Å². The molecule has 0 unspecified atom stereocenters. The number of furan rings is 1. The molecule has 1 aliphatic rings. The third-order valence-electron chi connectivity index (χ3n) is 10.3. The Balaban J connectivity index is 1.27. The van der Waals surface area contributed by atoms with Gasteiger partial charge in [0, 0.05) is 22.2 Å². The molecule has 0 N–H and O–H groups in total. The minimum absolute atomic E-state index is 0.158. The average Bonchev–Trinajstić information content (AvgIpc) is 3.67. The van der Waals surface area contributed by atoms with Crippen molar-refractivity contribution < 1.29 is 4.42 Å². The zero-order valence-corrected chi connectivity index (χ0v) is 28.2. The van der Waals surface area contributed by atoms with Gasteiger partial charge >= 0.3 is 0 Å². The maximum absolute atomic E-state index is 9.67. The van der Waals surface area contributed by atoms with Gasteiger partial charge in [-0.1, -0.05) is 98.8 Å². The number of fused-ring (bicyclic) bond motifs is 6. The molecule has 1 aliphatic carbocycles. The van der Waals surface area contributed by atoms with E-state index in [0.29, 0.717) is 11.1 Å². The van der Waals surface area contributed by atoms with Gasteiger partial charge in [-0.3, -0.25) is 0 Å². The maximum Gasteiger partial charge on any atom is 0.137 e. The predicted octanol–water partition coefficient (Wildman–Crippen LogP) is 12.4. The van der Waals surface area contributed by atoms with Gasteiger partial charge in [0.1, 0.15) is 11.2 Å². The van der Waals surface area contributed by atoms with Crippen LogP contribution in [0.4, 0.5) is 17.1 Å². The Hall–Kier alpha value is -6.88. The summed E-state index contributed by atoms with van der Waals surface area (Å²) in [5, 5.41) is 21.3. The van der Waals surface area contributed by atoms with Crippen LogP contribution >= 0.6 is 0 Å². The fourth-order valence-corrected chi connectivity index (χ4v) is 7.79. The van der Waals surface area contributed by atoms with Crippen LogP contribution in [0.2, 0.25) is 0 Å². The zero-order chi connectivity index (χ0) is 34.7. The van der Waals surface area contributed by atoms with Crippen molar-refractivity contribution in [3.05, 3.63) is 174 Å². The second kappa shape index (κ2) is 11.6. The van der Waals surface area contributed by atoms with Crippen LogP contribution in [0, 0.1) is 22.7 Å². The molecule has 0 aliphatic heterocycles. The van der Waals surface area contributed by atoms with Crippen LogP contribution in [0.15, 0.2) is 156 Å². The number of nitriles is 2. The molecule has 0 bridgehead atoms. The summed E-state index contributed by atoms with van der Waals surface area (Å²) >= 11 is 0. The van der Waals surface area contributed by atoms with E-state index in [1.54, 1.807) is 6.07 Å². The molecule has 0 atom stereocenters. The van der Waals surface area contributed by atoms with Crippen molar-refractivity contribution in [3.8, 4) is 45.5 Å². The first kappa shape index (κ1) is 30.2. The second-order valence-electron chi connectivity index (χ2n) is 13.6. The highest BCUT2D eigenvalue weighted by molar-refractivity contribution is 6.14. The molecule has 0 spiro atoms. The topological polar surface area (TPSA) is 64.0 Å². The van der Waals surface area contributed by atoms with E-state index < -0.39 is 0 Å². The Morgan fingerprint density at radius 3 is 1.94 bits per heavy atom. The summed E-state index contributed by atoms with van der Waals surface area (Å²) in [4.78, 5) is 2.34. The Bertz CT molecular complexity index is 2710. The third-order valence-corrected chi connectivity index (χ3v) is 10.3. The molecule has 8 aromatic rings. The predicted molar refractivity (Wildman–Crippen MR) is 206 cm³/mol. The van der Waals surface area contributed by atoms with Crippen molar-refractivity contribution in [2.75, 3.05) is 4.90 Å². The van der Waals surface area contributed by atoms with E-state index in [4.69, 9.17) is 4.42 Å². The van der Waals surface area contributed by atoms with Gasteiger partial charge in [0.15, 0.2) is 0 Å². The number of anilines is 3. The summed E-state index contributed by atoms with van der Waals surface area (Å²) < 4.78 is 6.49. The van der Waals surface area contributed by atoms with Crippen LogP contribution in [0.1, 0.15) is 36.1 Å². The van der Waals surface area contributed by atoms with Crippen molar-refractivity contribution in [1.29, 1.82) is 10.5 Å². The average molecular weight is 654 g/mol. The summed E-state index contributed by atoms with van der Waals surface area (Å²) in [6, 6.07) is 56.8. The number of rotatable bonds is 5. The molecule has 0 fully saturated rings. The smallest absolute Gasteiger partial charge is 0.137 e. The summed E-state index contributed by atoms with van der Waals surface area (Å²) in [6.45, 7) is 4.62. The Morgan fingerprint density at radius 1 is 0.510 bits per heavy atom. The largest absolute Gasteiger partial charge is 0.456 e. The molecule has 7 aromatic carbocycles. The third kappa shape index (κ3) is 4.89. The van der Waals surface area contributed by atoms with Crippen LogP contribution in [-0.4, -0.2) is 0 Å². The van der Waals surface area contributed by atoms with Crippen molar-refractivity contribution in [2.24, 2.45) is 0 Å². The molecular weight excluding hydrogens is 623 g/mol. The molecule has 0 amide bonds. The minimum Gasteiger partial charge on any atom is -0.456 e. The lowest BCUT2D eigenvalue weighted by molar-refractivity contribution is 0.660. The van der Waals surface area contributed by atoms with E-state index in [0.717, 1.165) is 55.7 Å². The van der Waals surface area contributed by atoms with Crippen molar-refractivity contribution in [3.63, 3.8) is 0 Å². The molecule has 9 rings (SSSR count). The molecule has 51 heavy (non-hydrogen) atoms. The lowest BCUT2D eigenvalue weighted by Gasteiger charge is -2.28. The number of hydrogen-bond acceptors (Lipinski definition) is 4. The van der Waals surface area contributed by atoms with Gasteiger partial charge in [-0.2, -0.15) is 10.5 Å². The molecule has 4 nitrogen and oxygen atoms in total. The molecule has 1 aromatic heterocycles. The van der Waals surface area contributed by atoms with Crippen molar-refractivity contribution in [1.82, 2.24) is 0 Å². The lowest BCUT2D eigenvalue weighted by Crippen LogP contribution is -2.16. The van der Waals surface area contributed by atoms with Gasteiger partial charge in [-0.05, 0) is 111 Å². The summed E-state index contributed by atoms with van der Waals surface area (Å²) in [6.07, 6.45) is 0. The standard InChI is InChI=1S/C47H31N3O/c1-47(2)41-12-7-6-11-38(41)39-21-20-37(27-42(39)47)50(36-18-15-33(16-19-36)32-9-4-3-5-10-32)43-13-8-14-45-46(43)40-26-34(17-22-44(40)51-45)35-24-30(28-48)23-31(25-35)29-49/h3-27H,1-2H3. The Morgan fingerprint density at radius 2 is 1.18 bits per heavy atom. The number of benzene rings is 7. The van der Waals surface area contributed by atoms with Gasteiger partial charge in [0.2, 0.25) is 0 Å². The monoisotopic (exact) mass is 653 g/mol. The summed E-state index contributed by atoms with van der Waals surface area (Å²) in [7, 11) is 0. The SMILES string of the molecule is CC1(C)c2ccccc2-c2ccc(N(c3ccc(-c4ccccc4)cc3)c3cccc4oc5ccc(-c6cc(C#N)cc(C#N)c6)cc5c34)cc21. The molecule has 0 saturated heterocycles. The van der Waals surface area contributed by atoms with E-state index >= 15 is 0 Å². The first-order valence-electron chi connectivity index (χ1n) is 17.0. The highest BCUT2D eigenvalue weighted by atomic mass is 16.3. The summed E-state index contributed by atoms with van der Waals surface area (Å²) in [5.41, 5.74) is 14.6. The minimum atomic E-state index is -0.158. The molecule has 0 saturated carbocycles. The van der Waals surface area contributed by atoms with Gasteiger partial charge in [-0.25, -0.2) is 0 Å². The van der Waals surface area contributed by atoms with Gasteiger partial charge in [0.05, 0.1) is 34.3 Å². The lowest BCUT2D eigenvalue weighted by atomic mass is 9.82. The van der Waals surface area contributed by atoms with Crippen LogP contribution < -0.4 is 4.90 Å². The van der Waals surface area contributed by atoms with Gasteiger partial charge in [-0.15, -0.1) is 0 Å². The molecule has 240 valence electrons. The van der Waals surface area contributed by atoms with E-state index in [1.807, 2.05) is 36.4 Å². The normalized spacial score (nSPS) is 12.6. The van der Waals surface area contributed by atoms with Gasteiger partial charge in [0.25, 0.3) is 0 Å². The van der Waals surface area contributed by atoms with Crippen LogP contribution in [0.5, 0.6) is 0 Å². The highest BCUT2D eigenvalue weighted by Crippen LogP contribution is 2.51. The molecule has 1 heterocycles. The van der Waals surface area contributed by atoms with E-state index in [9.17, 15) is 10.5 Å². The summed E-state index contributed by atoms with van der Waals surface area (Å²) in [5.74, 6) is 0. The molecule has 4 heteroatoms. The van der Waals surface area contributed by atoms with E-state index in [2.05, 4.69) is 140 Å². The Kier molecular flexibility index (Phi) is 6.88. The van der Waals surface area contributed by atoms with Crippen LogP contribution in [0.3, 0.4) is 0 Å². The number of nitrogens with zero attached hydrogens (tertiary/aromatic N) is 3. The van der Waals surface area contributed by atoms with Crippen molar-refractivity contribution >= 4 is 39.0 Å². The fourth-order valence-electron chi connectivity index (χ4n) is 7.79. The molecular formula is C47H31N3O.